The quantitative estimate of drug-likeness (QED) is 0.207. The van der Waals surface area contributed by atoms with Crippen LogP contribution in [0.3, 0.4) is 0 Å². The second-order valence-electron chi connectivity index (χ2n) is 8.34. The molecule has 0 aliphatic carbocycles. The van der Waals surface area contributed by atoms with Crippen molar-refractivity contribution in [1.29, 1.82) is 0 Å². The van der Waals surface area contributed by atoms with Crippen molar-refractivity contribution in [3.05, 3.63) is 69.8 Å². The summed E-state index contributed by atoms with van der Waals surface area (Å²) in [5.74, 6) is 0. The van der Waals surface area contributed by atoms with E-state index in [0.29, 0.717) is 11.1 Å². The minimum absolute atomic E-state index is 0.359. The number of nitrogens with one attached hydrogen (secondary N) is 1. The molecule has 0 saturated carbocycles. The Balaban J connectivity index is 0.000000830. The molecule has 0 amide bonds. The first-order valence-corrected chi connectivity index (χ1v) is 14.1. The van der Waals surface area contributed by atoms with Gasteiger partial charge in [0.05, 0.1) is 11.2 Å². The molecule has 1 aromatic heterocycles. The SMILES string of the molecule is CCN(CC)CCC[C@H](C)Nc1cc(/C=C/c2ccccc2Cl)nc2cc(Cl)ccc12.O=P(O)(O)O. The first-order valence-electron chi connectivity index (χ1n) is 11.8. The number of pyridine rings is 1. The highest BCUT2D eigenvalue weighted by Crippen LogP contribution is 2.28. The van der Waals surface area contributed by atoms with Crippen LogP contribution in [0, 0.1) is 0 Å². The molecule has 0 spiro atoms. The summed E-state index contributed by atoms with van der Waals surface area (Å²) in [4.78, 5) is 28.8. The largest absolute Gasteiger partial charge is 0.466 e. The molecule has 0 saturated heterocycles. The van der Waals surface area contributed by atoms with Gasteiger partial charge in [0.1, 0.15) is 0 Å². The topological polar surface area (TPSA) is 106 Å². The van der Waals surface area contributed by atoms with E-state index in [-0.39, 0.29) is 0 Å². The third-order valence-electron chi connectivity index (χ3n) is 5.54. The van der Waals surface area contributed by atoms with Gasteiger partial charge in [-0.05, 0) is 81.4 Å². The monoisotopic (exact) mass is 553 g/mol. The van der Waals surface area contributed by atoms with Gasteiger partial charge < -0.3 is 24.9 Å². The second kappa shape index (κ2) is 14.7. The number of phosphoric acid groups is 1. The highest BCUT2D eigenvalue weighted by atomic mass is 35.5. The third-order valence-corrected chi connectivity index (χ3v) is 6.12. The van der Waals surface area contributed by atoms with E-state index in [1.54, 1.807) is 0 Å². The van der Waals surface area contributed by atoms with E-state index in [1.807, 2.05) is 54.6 Å². The predicted molar refractivity (Wildman–Crippen MR) is 152 cm³/mol. The van der Waals surface area contributed by atoms with Gasteiger partial charge in [-0.15, -0.1) is 0 Å². The highest BCUT2D eigenvalue weighted by Gasteiger charge is 2.10. The van der Waals surface area contributed by atoms with Crippen molar-refractivity contribution in [2.45, 2.75) is 39.7 Å². The average molecular weight is 554 g/mol. The zero-order valence-electron chi connectivity index (χ0n) is 20.7. The van der Waals surface area contributed by atoms with Crippen molar-refractivity contribution in [3.63, 3.8) is 0 Å². The summed E-state index contributed by atoms with van der Waals surface area (Å²) in [7, 11) is -4.64. The molecule has 7 nitrogen and oxygen atoms in total. The Labute approximate surface area is 223 Å². The van der Waals surface area contributed by atoms with Crippen molar-refractivity contribution >= 4 is 59.8 Å². The van der Waals surface area contributed by atoms with E-state index in [9.17, 15) is 0 Å². The number of halogens is 2. The molecule has 0 aliphatic rings. The molecule has 4 N–H and O–H groups in total. The molecule has 0 fully saturated rings. The summed E-state index contributed by atoms with van der Waals surface area (Å²) in [6.07, 6.45) is 6.28. The van der Waals surface area contributed by atoms with Crippen molar-refractivity contribution < 1.29 is 19.2 Å². The number of benzene rings is 2. The van der Waals surface area contributed by atoms with E-state index >= 15 is 0 Å². The van der Waals surface area contributed by atoms with Gasteiger partial charge in [0, 0.05) is 27.2 Å². The third kappa shape index (κ3) is 11.0. The van der Waals surface area contributed by atoms with Crippen LogP contribution in [0.2, 0.25) is 10.0 Å². The summed E-state index contributed by atoms with van der Waals surface area (Å²) < 4.78 is 8.88. The molecule has 1 atom stereocenters. The Bertz CT molecular complexity index is 1190. The molecule has 1 heterocycles. The molecule has 196 valence electrons. The molecule has 0 unspecified atom stereocenters. The van der Waals surface area contributed by atoms with E-state index in [0.717, 1.165) is 58.9 Å². The normalized spacial score (nSPS) is 12.6. The van der Waals surface area contributed by atoms with Crippen LogP contribution < -0.4 is 5.32 Å². The number of hydrogen-bond acceptors (Lipinski definition) is 4. The maximum absolute atomic E-state index is 8.88. The van der Waals surface area contributed by atoms with Crippen molar-refractivity contribution in [3.8, 4) is 0 Å². The number of rotatable bonds is 10. The van der Waals surface area contributed by atoms with Crippen LogP contribution in [-0.2, 0) is 4.57 Å². The number of hydrogen-bond donors (Lipinski definition) is 4. The van der Waals surface area contributed by atoms with Crippen molar-refractivity contribution in [2.24, 2.45) is 0 Å². The van der Waals surface area contributed by atoms with E-state index in [1.165, 1.54) is 6.42 Å². The van der Waals surface area contributed by atoms with Gasteiger partial charge in [-0.3, -0.25) is 0 Å². The van der Waals surface area contributed by atoms with Gasteiger partial charge in [-0.25, -0.2) is 9.55 Å². The number of anilines is 1. The van der Waals surface area contributed by atoms with Crippen molar-refractivity contribution in [2.75, 3.05) is 25.0 Å². The molecular formula is C26H34Cl2N3O4P. The van der Waals surface area contributed by atoms with Gasteiger partial charge in [0.15, 0.2) is 0 Å². The Hall–Kier alpha value is -1.96. The fourth-order valence-corrected chi connectivity index (χ4v) is 4.08. The lowest BCUT2D eigenvalue weighted by molar-refractivity contribution is 0.275. The highest BCUT2D eigenvalue weighted by molar-refractivity contribution is 7.45. The summed E-state index contributed by atoms with van der Waals surface area (Å²) >= 11 is 12.5. The first-order chi connectivity index (χ1) is 17.0. The van der Waals surface area contributed by atoms with Crippen LogP contribution in [0.1, 0.15) is 44.9 Å². The maximum atomic E-state index is 8.88. The zero-order valence-corrected chi connectivity index (χ0v) is 23.1. The lowest BCUT2D eigenvalue weighted by atomic mass is 10.1. The summed E-state index contributed by atoms with van der Waals surface area (Å²) in [5, 5.41) is 6.19. The van der Waals surface area contributed by atoms with E-state index in [4.69, 9.17) is 47.4 Å². The molecule has 3 rings (SSSR count). The Morgan fingerprint density at radius 1 is 1.06 bits per heavy atom. The van der Waals surface area contributed by atoms with Crippen LogP contribution in [0.25, 0.3) is 23.1 Å². The van der Waals surface area contributed by atoms with Crippen LogP contribution >= 0.6 is 31.0 Å². The van der Waals surface area contributed by atoms with Crippen molar-refractivity contribution in [1.82, 2.24) is 9.88 Å². The van der Waals surface area contributed by atoms with Crippen LogP contribution in [0.5, 0.6) is 0 Å². The lowest BCUT2D eigenvalue weighted by Crippen LogP contribution is -2.25. The second-order valence-corrected chi connectivity index (χ2v) is 10.2. The molecule has 36 heavy (non-hydrogen) atoms. The average Bonchev–Trinajstić information content (AvgIpc) is 2.80. The number of aromatic nitrogens is 1. The Kier molecular flexibility index (Phi) is 12.4. The smallest absolute Gasteiger partial charge is 0.382 e. The van der Waals surface area contributed by atoms with E-state index < -0.39 is 7.82 Å². The zero-order chi connectivity index (χ0) is 26.7. The minimum atomic E-state index is -4.64. The fourth-order valence-electron chi connectivity index (χ4n) is 3.71. The maximum Gasteiger partial charge on any atom is 0.466 e. The molecule has 10 heteroatoms. The molecule has 2 aromatic carbocycles. The fraction of sp³-hybridized carbons (Fsp3) is 0.346. The Morgan fingerprint density at radius 2 is 1.72 bits per heavy atom. The Morgan fingerprint density at radius 3 is 2.36 bits per heavy atom. The predicted octanol–water partition coefficient (Wildman–Crippen LogP) is 6.71. The lowest BCUT2D eigenvalue weighted by Gasteiger charge is -2.21. The summed E-state index contributed by atoms with van der Waals surface area (Å²) in [6.45, 7) is 10.0. The molecular weight excluding hydrogens is 520 g/mol. The molecule has 0 radical (unpaired) electrons. The van der Waals surface area contributed by atoms with Gasteiger partial charge >= 0.3 is 7.82 Å². The van der Waals surface area contributed by atoms with Crippen LogP contribution in [0.15, 0.2) is 48.5 Å². The van der Waals surface area contributed by atoms with Crippen LogP contribution in [-0.4, -0.2) is 50.2 Å². The van der Waals surface area contributed by atoms with Gasteiger partial charge in [-0.1, -0.05) is 61.3 Å². The van der Waals surface area contributed by atoms with Gasteiger partial charge in [0.25, 0.3) is 0 Å². The summed E-state index contributed by atoms with van der Waals surface area (Å²) in [5.41, 5.74) is 3.80. The number of fused-ring (bicyclic) bond motifs is 1. The minimum Gasteiger partial charge on any atom is -0.382 e. The summed E-state index contributed by atoms with van der Waals surface area (Å²) in [6, 6.07) is 16.1. The standard InChI is InChI=1S/C26H31Cl2N3.H3O4P/c1-4-31(5-2)16-8-9-19(3)29-26-18-22(14-12-20-10-6-7-11-24(20)28)30-25-17-21(27)13-15-23(25)26;1-5(2,3)4/h6-7,10-15,17-19H,4-5,8-9,16H2,1-3H3,(H,29,30);(H3,1,2,3,4)/b14-12+;/t19-;/m0./s1. The molecule has 3 aromatic rings. The first kappa shape index (κ1) is 30.3. The number of nitrogens with zero attached hydrogens (tertiary/aromatic N) is 2. The molecule has 0 bridgehead atoms. The van der Waals surface area contributed by atoms with E-state index in [2.05, 4.69) is 37.1 Å². The van der Waals surface area contributed by atoms with Gasteiger partial charge in [-0.2, -0.15) is 0 Å². The van der Waals surface area contributed by atoms with Gasteiger partial charge in [0.2, 0.25) is 0 Å². The van der Waals surface area contributed by atoms with Crippen LogP contribution in [0.4, 0.5) is 5.69 Å². The molecule has 0 aliphatic heterocycles.